The number of methoxy groups -OCH3 is 1. The Hall–Kier alpha value is -3.35. The summed E-state index contributed by atoms with van der Waals surface area (Å²) in [5, 5.41) is 6.37. The van der Waals surface area contributed by atoms with Crippen LogP contribution in [-0.4, -0.2) is 47.4 Å². The number of carbonyl (C=O) groups is 3. The van der Waals surface area contributed by atoms with E-state index in [4.69, 9.17) is 4.74 Å². The Morgan fingerprint density at radius 2 is 1.77 bits per heavy atom. The Bertz CT molecular complexity index is 1110. The molecule has 7 nitrogen and oxygen atoms in total. The third kappa shape index (κ3) is 5.04. The minimum absolute atomic E-state index is 0.0154. The van der Waals surface area contributed by atoms with Gasteiger partial charge in [0.15, 0.2) is 0 Å². The summed E-state index contributed by atoms with van der Waals surface area (Å²) in [5.41, 5.74) is 2.85. The number of ether oxygens (including phenoxy) is 1. The molecule has 3 amide bonds. The van der Waals surface area contributed by atoms with Gasteiger partial charge in [-0.2, -0.15) is 0 Å². The van der Waals surface area contributed by atoms with Crippen LogP contribution in [0.1, 0.15) is 66.4 Å². The van der Waals surface area contributed by atoms with Gasteiger partial charge < -0.3 is 20.3 Å². The maximum Gasteiger partial charge on any atom is 0.254 e. The molecular weight excluding hydrogens is 442 g/mol. The number of nitrogens with zero attached hydrogens (tertiary/aromatic N) is 1. The van der Waals surface area contributed by atoms with Crippen LogP contribution in [0.3, 0.4) is 0 Å². The maximum absolute atomic E-state index is 13.5. The number of benzene rings is 2. The van der Waals surface area contributed by atoms with Crippen molar-refractivity contribution in [1.82, 2.24) is 15.5 Å². The molecule has 7 heteroatoms. The Morgan fingerprint density at radius 3 is 2.43 bits per heavy atom. The zero-order valence-corrected chi connectivity index (χ0v) is 20.2. The van der Waals surface area contributed by atoms with Gasteiger partial charge in [-0.05, 0) is 73.9 Å². The van der Waals surface area contributed by atoms with Gasteiger partial charge in [-0.1, -0.05) is 24.3 Å². The van der Waals surface area contributed by atoms with E-state index >= 15 is 0 Å². The molecule has 2 aliphatic heterocycles. The molecule has 2 aromatic carbocycles. The van der Waals surface area contributed by atoms with E-state index in [1.165, 1.54) is 5.56 Å². The van der Waals surface area contributed by atoms with Crippen molar-refractivity contribution in [2.24, 2.45) is 0 Å². The average molecular weight is 476 g/mol. The van der Waals surface area contributed by atoms with Crippen LogP contribution in [0.15, 0.2) is 48.5 Å². The number of hydrogen-bond acceptors (Lipinski definition) is 4. The normalized spacial score (nSPS) is 25.6. The predicted molar refractivity (Wildman–Crippen MR) is 132 cm³/mol. The first-order valence-electron chi connectivity index (χ1n) is 12.6. The summed E-state index contributed by atoms with van der Waals surface area (Å²) >= 11 is 0. The molecule has 1 atom stereocenters. The highest BCUT2D eigenvalue weighted by molar-refractivity contribution is 5.95. The standard InChI is InChI=1S/C28H33N3O4/c1-35-24-8-6-19(7-9-24)27(34)31-18-21-5-3-2-4-20(21)16-23(31)17-26(33)29-22-10-13-28(14-11-22)15-12-25(32)30-28/h2-9,22-23H,10-18H2,1H3,(H,29,33)(H,30,32)/t22?,23-,28?/m0/s1. The number of rotatable bonds is 5. The molecule has 0 radical (unpaired) electrons. The van der Waals surface area contributed by atoms with E-state index in [0.717, 1.165) is 37.7 Å². The summed E-state index contributed by atoms with van der Waals surface area (Å²) in [4.78, 5) is 40.1. The first kappa shape index (κ1) is 23.4. The van der Waals surface area contributed by atoms with Crippen LogP contribution in [0.2, 0.25) is 0 Å². The third-order valence-electron chi connectivity index (χ3n) is 7.92. The van der Waals surface area contributed by atoms with Crippen molar-refractivity contribution in [3.8, 4) is 5.75 Å². The maximum atomic E-state index is 13.5. The first-order chi connectivity index (χ1) is 16.9. The molecule has 0 aromatic heterocycles. The molecule has 2 aromatic rings. The fraction of sp³-hybridized carbons (Fsp3) is 0.464. The number of amides is 3. The molecule has 0 bridgehead atoms. The van der Waals surface area contributed by atoms with Crippen molar-refractivity contribution in [3.05, 3.63) is 65.2 Å². The van der Waals surface area contributed by atoms with E-state index in [-0.39, 0.29) is 41.8 Å². The van der Waals surface area contributed by atoms with Gasteiger partial charge in [0, 0.05) is 42.6 Å². The van der Waals surface area contributed by atoms with E-state index in [9.17, 15) is 14.4 Å². The summed E-state index contributed by atoms with van der Waals surface area (Å²) in [5.74, 6) is 0.759. The Kier molecular flexibility index (Phi) is 6.50. The van der Waals surface area contributed by atoms with Crippen LogP contribution in [-0.2, 0) is 22.6 Å². The van der Waals surface area contributed by atoms with Gasteiger partial charge in [-0.25, -0.2) is 0 Å². The lowest BCUT2D eigenvalue weighted by atomic mass is 9.78. The Morgan fingerprint density at radius 1 is 1.06 bits per heavy atom. The fourth-order valence-electron chi connectivity index (χ4n) is 5.87. The first-order valence-corrected chi connectivity index (χ1v) is 12.6. The smallest absolute Gasteiger partial charge is 0.254 e. The van der Waals surface area contributed by atoms with Crippen molar-refractivity contribution < 1.29 is 19.1 Å². The lowest BCUT2D eigenvalue weighted by molar-refractivity contribution is -0.123. The summed E-state index contributed by atoms with van der Waals surface area (Å²) < 4.78 is 5.22. The summed E-state index contributed by atoms with van der Waals surface area (Å²) in [7, 11) is 1.60. The number of nitrogens with one attached hydrogen (secondary N) is 2. The van der Waals surface area contributed by atoms with Gasteiger partial charge in [-0.15, -0.1) is 0 Å². The summed E-state index contributed by atoms with van der Waals surface area (Å²) in [6.07, 6.45) is 5.99. The van der Waals surface area contributed by atoms with E-state index in [1.807, 2.05) is 17.0 Å². The van der Waals surface area contributed by atoms with Gasteiger partial charge in [0.1, 0.15) is 5.75 Å². The predicted octanol–water partition coefficient (Wildman–Crippen LogP) is 3.36. The topological polar surface area (TPSA) is 87.7 Å². The third-order valence-corrected chi connectivity index (χ3v) is 7.92. The number of fused-ring (bicyclic) bond motifs is 1. The van der Waals surface area contributed by atoms with Gasteiger partial charge in [0.25, 0.3) is 5.91 Å². The fourth-order valence-corrected chi connectivity index (χ4v) is 5.87. The molecule has 5 rings (SSSR count). The largest absolute Gasteiger partial charge is 0.497 e. The van der Waals surface area contributed by atoms with Crippen LogP contribution in [0, 0.1) is 0 Å². The van der Waals surface area contributed by atoms with Crippen LogP contribution >= 0.6 is 0 Å². The molecular formula is C28H33N3O4. The lowest BCUT2D eigenvalue weighted by Crippen LogP contribution is -2.50. The van der Waals surface area contributed by atoms with Crippen LogP contribution in [0.25, 0.3) is 0 Å². The van der Waals surface area contributed by atoms with Crippen LogP contribution in [0.4, 0.5) is 0 Å². The SMILES string of the molecule is COc1ccc(C(=O)N2Cc3ccccc3C[C@H]2CC(=O)NC2CCC3(CCC(=O)N3)CC2)cc1. The average Bonchev–Trinajstić information content (AvgIpc) is 3.24. The number of hydrogen-bond donors (Lipinski definition) is 2. The van der Waals surface area contributed by atoms with Gasteiger partial charge in [0.05, 0.1) is 7.11 Å². The van der Waals surface area contributed by atoms with E-state index in [1.54, 1.807) is 31.4 Å². The highest BCUT2D eigenvalue weighted by Crippen LogP contribution is 2.36. The Balaban J connectivity index is 1.25. The molecule has 2 fully saturated rings. The van der Waals surface area contributed by atoms with Crippen molar-refractivity contribution in [3.63, 3.8) is 0 Å². The molecule has 184 valence electrons. The minimum atomic E-state index is -0.205. The molecule has 1 spiro atoms. The zero-order valence-electron chi connectivity index (χ0n) is 20.2. The van der Waals surface area contributed by atoms with Crippen molar-refractivity contribution in [2.45, 2.75) is 75.5 Å². The molecule has 2 heterocycles. The van der Waals surface area contributed by atoms with Crippen molar-refractivity contribution in [2.75, 3.05) is 7.11 Å². The molecule has 0 unspecified atom stereocenters. The van der Waals surface area contributed by atoms with Gasteiger partial charge >= 0.3 is 0 Å². The second kappa shape index (κ2) is 9.72. The second-order valence-corrected chi connectivity index (χ2v) is 10.2. The molecule has 1 aliphatic carbocycles. The molecule has 2 N–H and O–H groups in total. The highest BCUT2D eigenvalue weighted by Gasteiger charge is 2.41. The lowest BCUT2D eigenvalue weighted by Gasteiger charge is -2.39. The summed E-state index contributed by atoms with van der Waals surface area (Å²) in [6.45, 7) is 0.491. The molecule has 3 aliphatic rings. The van der Waals surface area contributed by atoms with Gasteiger partial charge in [-0.3, -0.25) is 14.4 Å². The van der Waals surface area contributed by atoms with E-state index < -0.39 is 0 Å². The zero-order chi connectivity index (χ0) is 24.4. The van der Waals surface area contributed by atoms with E-state index in [2.05, 4.69) is 22.8 Å². The quantitative estimate of drug-likeness (QED) is 0.694. The number of carbonyl (C=O) groups excluding carboxylic acids is 3. The molecule has 35 heavy (non-hydrogen) atoms. The molecule has 1 saturated heterocycles. The Labute approximate surface area is 206 Å². The minimum Gasteiger partial charge on any atom is -0.497 e. The van der Waals surface area contributed by atoms with Crippen LogP contribution < -0.4 is 15.4 Å². The second-order valence-electron chi connectivity index (χ2n) is 10.2. The summed E-state index contributed by atoms with van der Waals surface area (Å²) in [6, 6.07) is 15.2. The highest BCUT2D eigenvalue weighted by atomic mass is 16.5. The van der Waals surface area contributed by atoms with Crippen LogP contribution in [0.5, 0.6) is 5.75 Å². The monoisotopic (exact) mass is 475 g/mol. The van der Waals surface area contributed by atoms with Crippen molar-refractivity contribution in [1.29, 1.82) is 0 Å². The van der Waals surface area contributed by atoms with Crippen molar-refractivity contribution >= 4 is 17.7 Å². The molecule has 1 saturated carbocycles. The van der Waals surface area contributed by atoms with Gasteiger partial charge in [0.2, 0.25) is 11.8 Å². The van der Waals surface area contributed by atoms with E-state index in [0.29, 0.717) is 30.7 Å².